The minimum absolute atomic E-state index is 0.166. The molecule has 0 aromatic heterocycles. The minimum Gasteiger partial charge on any atom is -0.494 e. The Morgan fingerprint density at radius 2 is 1.88 bits per heavy atom. The Bertz CT molecular complexity index is 880. The molecule has 132 valence electrons. The lowest BCUT2D eigenvalue weighted by Gasteiger charge is -2.25. The van der Waals surface area contributed by atoms with Gasteiger partial charge in [-0.1, -0.05) is 18.2 Å². The predicted molar refractivity (Wildman–Crippen MR) is 91.0 cm³/mol. The Balaban J connectivity index is 2.07. The quantitative estimate of drug-likeness (QED) is 0.628. The second-order valence-electron chi connectivity index (χ2n) is 5.52. The van der Waals surface area contributed by atoms with Crippen molar-refractivity contribution in [3.63, 3.8) is 0 Å². The number of hydroxylamine groups is 1. The van der Waals surface area contributed by atoms with E-state index >= 15 is 0 Å². The summed E-state index contributed by atoms with van der Waals surface area (Å²) in [5.74, 6) is -0.0298. The standard InChI is InChI=1S/C17H18N2O5S/c1-2-24-13-9-7-12(8-10-13)19-15(11-17(20)18-21)14-5-3-4-6-16(14)25(19,22)23/h3-10,15,21H,2,11H2,1H3,(H,18,20)/t15-/m1/s1. The van der Waals surface area contributed by atoms with Crippen LogP contribution in [0, 0.1) is 0 Å². The molecule has 0 bridgehead atoms. The number of anilines is 1. The normalized spacial score (nSPS) is 17.8. The van der Waals surface area contributed by atoms with Crippen molar-refractivity contribution in [1.82, 2.24) is 5.48 Å². The van der Waals surface area contributed by atoms with Crippen LogP contribution in [-0.4, -0.2) is 26.1 Å². The van der Waals surface area contributed by atoms with E-state index in [1.165, 1.54) is 10.4 Å². The van der Waals surface area contributed by atoms with Crippen LogP contribution in [0.15, 0.2) is 53.4 Å². The minimum atomic E-state index is -3.80. The number of benzene rings is 2. The SMILES string of the molecule is CCOc1ccc(N2[C@H](CC(=O)NO)c3ccccc3S2(=O)=O)cc1. The number of rotatable bonds is 5. The van der Waals surface area contributed by atoms with E-state index in [2.05, 4.69) is 0 Å². The Morgan fingerprint density at radius 3 is 2.52 bits per heavy atom. The fraction of sp³-hybridized carbons (Fsp3) is 0.235. The summed E-state index contributed by atoms with van der Waals surface area (Å²) in [6, 6.07) is 12.5. The van der Waals surface area contributed by atoms with Gasteiger partial charge in [-0.3, -0.25) is 14.3 Å². The van der Waals surface area contributed by atoms with Crippen LogP contribution in [0.4, 0.5) is 5.69 Å². The van der Waals surface area contributed by atoms with Gasteiger partial charge < -0.3 is 4.74 Å². The van der Waals surface area contributed by atoms with Crippen molar-refractivity contribution in [1.29, 1.82) is 0 Å². The van der Waals surface area contributed by atoms with E-state index in [1.807, 2.05) is 6.92 Å². The van der Waals surface area contributed by atoms with Crippen LogP contribution < -0.4 is 14.5 Å². The second kappa shape index (κ2) is 6.73. The summed E-state index contributed by atoms with van der Waals surface area (Å²) >= 11 is 0. The van der Waals surface area contributed by atoms with Crippen LogP contribution in [0.2, 0.25) is 0 Å². The third-order valence-corrected chi connectivity index (χ3v) is 5.91. The molecule has 7 nitrogen and oxygen atoms in total. The van der Waals surface area contributed by atoms with E-state index in [9.17, 15) is 13.2 Å². The zero-order valence-electron chi connectivity index (χ0n) is 13.5. The molecule has 1 aliphatic heterocycles. The number of carbonyl (C=O) groups excluding carboxylic acids is 1. The zero-order chi connectivity index (χ0) is 18.0. The van der Waals surface area contributed by atoms with E-state index in [-0.39, 0.29) is 11.3 Å². The van der Waals surface area contributed by atoms with Gasteiger partial charge in [0.1, 0.15) is 5.75 Å². The summed E-state index contributed by atoms with van der Waals surface area (Å²) in [5, 5.41) is 8.84. The molecule has 2 aromatic rings. The Morgan fingerprint density at radius 1 is 1.20 bits per heavy atom. The van der Waals surface area contributed by atoms with Crippen molar-refractivity contribution in [2.75, 3.05) is 10.9 Å². The Hall–Kier alpha value is -2.58. The highest BCUT2D eigenvalue weighted by molar-refractivity contribution is 7.93. The Labute approximate surface area is 145 Å². The fourth-order valence-electron chi connectivity index (χ4n) is 2.98. The molecule has 0 saturated heterocycles. The van der Waals surface area contributed by atoms with E-state index in [4.69, 9.17) is 9.94 Å². The lowest BCUT2D eigenvalue weighted by Crippen LogP contribution is -2.32. The van der Waals surface area contributed by atoms with E-state index in [0.717, 1.165) is 0 Å². The first kappa shape index (κ1) is 17.2. The zero-order valence-corrected chi connectivity index (χ0v) is 14.4. The van der Waals surface area contributed by atoms with Crippen molar-refractivity contribution in [3.8, 4) is 5.75 Å². The van der Waals surface area contributed by atoms with Crippen molar-refractivity contribution < 1.29 is 23.2 Å². The number of carbonyl (C=O) groups is 1. The maximum Gasteiger partial charge on any atom is 0.265 e. The fourth-order valence-corrected chi connectivity index (χ4v) is 4.87. The molecule has 0 unspecified atom stereocenters. The molecule has 2 aromatic carbocycles. The number of hydrogen-bond donors (Lipinski definition) is 2. The summed E-state index contributed by atoms with van der Waals surface area (Å²) in [6.07, 6.45) is -0.194. The van der Waals surface area contributed by atoms with Gasteiger partial charge in [0.15, 0.2) is 0 Å². The molecule has 1 atom stereocenters. The van der Waals surface area contributed by atoms with Gasteiger partial charge in [-0.25, -0.2) is 13.9 Å². The molecular weight excluding hydrogens is 344 g/mol. The number of hydrogen-bond acceptors (Lipinski definition) is 5. The largest absolute Gasteiger partial charge is 0.494 e. The first-order valence-corrected chi connectivity index (χ1v) is 9.22. The number of ether oxygens (including phenoxy) is 1. The van der Waals surface area contributed by atoms with Crippen molar-refractivity contribution in [2.24, 2.45) is 0 Å². The smallest absolute Gasteiger partial charge is 0.265 e. The molecule has 0 spiro atoms. The van der Waals surface area contributed by atoms with Crippen molar-refractivity contribution in [2.45, 2.75) is 24.3 Å². The van der Waals surface area contributed by atoms with Gasteiger partial charge in [0, 0.05) is 0 Å². The molecule has 0 saturated carbocycles. The van der Waals surface area contributed by atoms with E-state index in [0.29, 0.717) is 23.6 Å². The number of nitrogens with one attached hydrogen (secondary N) is 1. The van der Waals surface area contributed by atoms with Gasteiger partial charge in [-0.05, 0) is 42.8 Å². The second-order valence-corrected chi connectivity index (χ2v) is 7.30. The monoisotopic (exact) mass is 362 g/mol. The number of amides is 1. The highest BCUT2D eigenvalue weighted by Crippen LogP contribution is 2.44. The summed E-state index contributed by atoms with van der Waals surface area (Å²) in [6.45, 7) is 2.37. The van der Waals surface area contributed by atoms with Crippen molar-refractivity contribution in [3.05, 3.63) is 54.1 Å². The van der Waals surface area contributed by atoms with Crippen LogP contribution >= 0.6 is 0 Å². The topological polar surface area (TPSA) is 95.9 Å². The molecule has 25 heavy (non-hydrogen) atoms. The van der Waals surface area contributed by atoms with Crippen LogP contribution in [0.25, 0.3) is 0 Å². The maximum absolute atomic E-state index is 13.0. The first-order valence-electron chi connectivity index (χ1n) is 7.78. The summed E-state index contributed by atoms with van der Waals surface area (Å²) < 4.78 is 32.5. The molecule has 0 aliphatic carbocycles. The average Bonchev–Trinajstić information content (AvgIpc) is 2.83. The van der Waals surface area contributed by atoms with Gasteiger partial charge in [0.25, 0.3) is 10.0 Å². The van der Waals surface area contributed by atoms with Gasteiger partial charge >= 0.3 is 0 Å². The highest BCUT2D eigenvalue weighted by Gasteiger charge is 2.43. The molecular formula is C17H18N2O5S. The third-order valence-electron chi connectivity index (χ3n) is 4.00. The van der Waals surface area contributed by atoms with E-state index < -0.39 is 22.0 Å². The van der Waals surface area contributed by atoms with Crippen LogP contribution in [0.1, 0.15) is 24.9 Å². The first-order chi connectivity index (χ1) is 12.0. The van der Waals surface area contributed by atoms with Crippen LogP contribution in [0.5, 0.6) is 5.75 Å². The molecule has 0 fully saturated rings. The molecule has 1 heterocycles. The number of nitrogens with zero attached hydrogens (tertiary/aromatic N) is 1. The molecule has 1 aliphatic rings. The van der Waals surface area contributed by atoms with Gasteiger partial charge in [0.05, 0.1) is 29.7 Å². The van der Waals surface area contributed by atoms with Crippen LogP contribution in [0.3, 0.4) is 0 Å². The summed E-state index contributed by atoms with van der Waals surface area (Å²) in [5.41, 5.74) is 2.52. The maximum atomic E-state index is 13.0. The highest BCUT2D eigenvalue weighted by atomic mass is 32.2. The predicted octanol–water partition coefficient (Wildman–Crippen LogP) is 2.23. The lowest BCUT2D eigenvalue weighted by molar-refractivity contribution is -0.129. The number of fused-ring (bicyclic) bond motifs is 1. The number of sulfonamides is 1. The van der Waals surface area contributed by atoms with E-state index in [1.54, 1.807) is 47.9 Å². The van der Waals surface area contributed by atoms with Gasteiger partial charge in [-0.15, -0.1) is 0 Å². The molecule has 3 rings (SSSR count). The van der Waals surface area contributed by atoms with Gasteiger partial charge in [-0.2, -0.15) is 0 Å². The summed E-state index contributed by atoms with van der Waals surface area (Å²) in [4.78, 5) is 11.9. The third kappa shape index (κ3) is 3.06. The summed E-state index contributed by atoms with van der Waals surface area (Å²) in [7, 11) is -3.80. The average molecular weight is 362 g/mol. The van der Waals surface area contributed by atoms with Crippen LogP contribution in [-0.2, 0) is 14.8 Å². The van der Waals surface area contributed by atoms with Gasteiger partial charge in [0.2, 0.25) is 5.91 Å². The Kier molecular flexibility index (Phi) is 4.65. The molecule has 0 radical (unpaired) electrons. The van der Waals surface area contributed by atoms with Crippen molar-refractivity contribution >= 4 is 21.6 Å². The molecule has 2 N–H and O–H groups in total. The molecule has 1 amide bonds. The lowest BCUT2D eigenvalue weighted by atomic mass is 10.0. The molecule has 8 heteroatoms.